The molecule has 0 unspecified atom stereocenters. The van der Waals surface area contributed by atoms with Crippen LogP contribution in [-0.4, -0.2) is 0 Å². The minimum absolute atomic E-state index is 1.06. The molecule has 0 amide bonds. The molecule has 0 spiro atoms. The largest absolute Gasteiger partial charge is 0.0558 e. The summed E-state index contributed by atoms with van der Waals surface area (Å²) in [4.78, 5) is 0. The Labute approximate surface area is 130 Å². The van der Waals surface area contributed by atoms with E-state index < -0.39 is 0 Å². The van der Waals surface area contributed by atoms with Crippen molar-refractivity contribution in [3.63, 3.8) is 0 Å². The Hall–Kier alpha value is -1.56. The normalized spacial score (nSPS) is 11.0. The van der Waals surface area contributed by atoms with Gasteiger partial charge in [0.1, 0.15) is 0 Å². The summed E-state index contributed by atoms with van der Waals surface area (Å²) in [6.07, 6.45) is 1.06. The van der Waals surface area contributed by atoms with Crippen LogP contribution in [0.4, 0.5) is 0 Å². The van der Waals surface area contributed by atoms with E-state index in [1.54, 1.807) is 0 Å². The third-order valence-corrected chi connectivity index (χ3v) is 5.40. The fraction of sp³-hybridized carbons (Fsp3) is 0.429. The number of hydrogen-bond donors (Lipinski definition) is 0. The van der Waals surface area contributed by atoms with Gasteiger partial charge in [0.15, 0.2) is 0 Å². The molecule has 0 nitrogen and oxygen atoms in total. The quantitative estimate of drug-likeness (QED) is 0.657. The van der Waals surface area contributed by atoms with Crippen LogP contribution in [0.2, 0.25) is 0 Å². The predicted molar refractivity (Wildman–Crippen MR) is 93.6 cm³/mol. The zero-order chi connectivity index (χ0) is 15.9. The van der Waals surface area contributed by atoms with Gasteiger partial charge in [-0.2, -0.15) is 0 Å². The summed E-state index contributed by atoms with van der Waals surface area (Å²) < 4.78 is 0. The molecule has 0 fully saturated rings. The lowest BCUT2D eigenvalue weighted by Crippen LogP contribution is -2.05. The Morgan fingerprint density at radius 3 is 0.952 bits per heavy atom. The molecule has 0 saturated heterocycles. The maximum absolute atomic E-state index is 2.31. The van der Waals surface area contributed by atoms with Gasteiger partial charge in [0, 0.05) is 0 Å². The van der Waals surface area contributed by atoms with Gasteiger partial charge in [-0.15, -0.1) is 0 Å². The van der Waals surface area contributed by atoms with Crippen LogP contribution in [0.3, 0.4) is 0 Å². The second-order valence-corrected chi connectivity index (χ2v) is 6.65. The first kappa shape index (κ1) is 15.8. The molecule has 21 heavy (non-hydrogen) atoms. The molecule has 0 radical (unpaired) electrons. The highest BCUT2D eigenvalue weighted by Crippen LogP contribution is 2.29. The average Bonchev–Trinajstić information content (AvgIpc) is 2.42. The lowest BCUT2D eigenvalue weighted by Gasteiger charge is -2.20. The summed E-state index contributed by atoms with van der Waals surface area (Å²) in [5.74, 6) is 0. The second-order valence-electron chi connectivity index (χ2n) is 6.65. The van der Waals surface area contributed by atoms with Crippen molar-refractivity contribution in [3.8, 4) is 0 Å². The topological polar surface area (TPSA) is 0 Å². The monoisotopic (exact) mass is 280 g/mol. The maximum Gasteiger partial charge on any atom is -0.00149 e. The zero-order valence-electron chi connectivity index (χ0n) is 14.9. The Balaban J connectivity index is 2.64. The van der Waals surface area contributed by atoms with Gasteiger partial charge < -0.3 is 0 Å². The van der Waals surface area contributed by atoms with Crippen molar-refractivity contribution >= 4 is 0 Å². The lowest BCUT2D eigenvalue weighted by atomic mass is 9.85. The Morgan fingerprint density at radius 1 is 0.476 bits per heavy atom. The first-order valence-corrected chi connectivity index (χ1v) is 7.86. The second kappa shape index (κ2) is 5.67. The molecule has 0 heterocycles. The minimum atomic E-state index is 1.06. The molecule has 0 aliphatic carbocycles. The summed E-state index contributed by atoms with van der Waals surface area (Å²) in [6.45, 7) is 18.0. The molecule has 0 saturated carbocycles. The average molecular weight is 280 g/mol. The molecule has 0 N–H and O–H groups in total. The van der Waals surface area contributed by atoms with Crippen LogP contribution < -0.4 is 0 Å². The summed E-state index contributed by atoms with van der Waals surface area (Å²) in [7, 11) is 0. The fourth-order valence-electron chi connectivity index (χ4n) is 3.30. The number of hydrogen-bond acceptors (Lipinski definition) is 0. The van der Waals surface area contributed by atoms with Gasteiger partial charge in [-0.05, 0) is 117 Å². The van der Waals surface area contributed by atoms with E-state index >= 15 is 0 Å². The summed E-state index contributed by atoms with van der Waals surface area (Å²) in [5, 5.41) is 0. The SMILES string of the molecule is Cc1cc(C)c(C)c(Cc2c(C)c(C)cc(C)c2C)c1C. The van der Waals surface area contributed by atoms with Gasteiger partial charge >= 0.3 is 0 Å². The van der Waals surface area contributed by atoms with Gasteiger partial charge in [0.05, 0.1) is 0 Å². The Bertz CT molecular complexity index is 589. The van der Waals surface area contributed by atoms with Gasteiger partial charge in [-0.3, -0.25) is 0 Å². The molecule has 0 bridgehead atoms. The molecule has 0 aliphatic rings. The van der Waals surface area contributed by atoms with Crippen molar-refractivity contribution in [2.24, 2.45) is 0 Å². The van der Waals surface area contributed by atoms with E-state index in [0.717, 1.165) is 6.42 Å². The molecular weight excluding hydrogens is 252 g/mol. The highest BCUT2D eigenvalue weighted by Gasteiger charge is 2.14. The van der Waals surface area contributed by atoms with Gasteiger partial charge in [-0.1, -0.05) is 12.1 Å². The van der Waals surface area contributed by atoms with E-state index in [-0.39, 0.29) is 0 Å². The van der Waals surface area contributed by atoms with Crippen molar-refractivity contribution < 1.29 is 0 Å². The van der Waals surface area contributed by atoms with Crippen LogP contribution in [0.5, 0.6) is 0 Å². The summed E-state index contributed by atoms with van der Waals surface area (Å²) in [5.41, 5.74) is 14.5. The molecule has 0 heteroatoms. The molecule has 0 aliphatic heterocycles. The van der Waals surface area contributed by atoms with Crippen LogP contribution in [0.25, 0.3) is 0 Å². The molecule has 0 atom stereocenters. The van der Waals surface area contributed by atoms with Crippen LogP contribution >= 0.6 is 0 Å². The van der Waals surface area contributed by atoms with Crippen molar-refractivity contribution in [3.05, 3.63) is 67.8 Å². The molecule has 2 aromatic rings. The number of rotatable bonds is 2. The minimum Gasteiger partial charge on any atom is -0.0558 e. The summed E-state index contributed by atoms with van der Waals surface area (Å²) >= 11 is 0. The molecule has 0 aromatic heterocycles. The van der Waals surface area contributed by atoms with E-state index in [2.05, 4.69) is 67.5 Å². The summed E-state index contributed by atoms with van der Waals surface area (Å²) in [6, 6.07) is 4.63. The van der Waals surface area contributed by atoms with Crippen LogP contribution in [0, 0.1) is 55.4 Å². The predicted octanol–water partition coefficient (Wildman–Crippen LogP) is 5.74. The van der Waals surface area contributed by atoms with E-state index in [9.17, 15) is 0 Å². The third kappa shape index (κ3) is 2.77. The van der Waals surface area contributed by atoms with Crippen LogP contribution in [0.1, 0.15) is 55.6 Å². The molecule has 112 valence electrons. The number of benzene rings is 2. The fourth-order valence-corrected chi connectivity index (χ4v) is 3.30. The molecule has 2 rings (SSSR count). The van der Waals surface area contributed by atoms with E-state index in [1.165, 1.54) is 55.6 Å². The van der Waals surface area contributed by atoms with Gasteiger partial charge in [0.2, 0.25) is 0 Å². The van der Waals surface area contributed by atoms with Crippen molar-refractivity contribution in [1.82, 2.24) is 0 Å². The van der Waals surface area contributed by atoms with Gasteiger partial charge in [-0.25, -0.2) is 0 Å². The van der Waals surface area contributed by atoms with E-state index in [4.69, 9.17) is 0 Å². The first-order valence-electron chi connectivity index (χ1n) is 7.86. The first-order chi connectivity index (χ1) is 9.73. The van der Waals surface area contributed by atoms with E-state index in [1.807, 2.05) is 0 Å². The van der Waals surface area contributed by atoms with Crippen molar-refractivity contribution in [2.45, 2.75) is 61.8 Å². The highest BCUT2D eigenvalue weighted by molar-refractivity contribution is 5.51. The highest BCUT2D eigenvalue weighted by atomic mass is 14.2. The van der Waals surface area contributed by atoms with Crippen molar-refractivity contribution in [1.29, 1.82) is 0 Å². The Kier molecular flexibility index (Phi) is 4.27. The molecular formula is C21H28. The Morgan fingerprint density at radius 2 is 0.714 bits per heavy atom. The maximum atomic E-state index is 2.31. The zero-order valence-corrected chi connectivity index (χ0v) is 14.9. The standard InChI is InChI=1S/C21H28/c1-12-9-13(2)17(6)20(16(12)5)11-21-18(7)14(3)10-15(4)19(21)8/h9-10H,11H2,1-8H3. The smallest absolute Gasteiger partial charge is 0.00149 e. The van der Waals surface area contributed by atoms with Crippen LogP contribution in [0.15, 0.2) is 12.1 Å². The molecule has 2 aromatic carbocycles. The number of aryl methyl sites for hydroxylation is 4. The van der Waals surface area contributed by atoms with Gasteiger partial charge in [0.25, 0.3) is 0 Å². The lowest BCUT2D eigenvalue weighted by molar-refractivity contribution is 1.04. The third-order valence-electron chi connectivity index (χ3n) is 5.40. The van der Waals surface area contributed by atoms with Crippen molar-refractivity contribution in [2.75, 3.05) is 0 Å². The van der Waals surface area contributed by atoms with Crippen LogP contribution in [-0.2, 0) is 6.42 Å². The van der Waals surface area contributed by atoms with E-state index in [0.29, 0.717) is 0 Å².